The van der Waals surface area contributed by atoms with Crippen LogP contribution in [0.4, 0.5) is 0 Å². The summed E-state index contributed by atoms with van der Waals surface area (Å²) in [6.07, 6.45) is 2.58. The molecule has 0 aliphatic carbocycles. The quantitative estimate of drug-likeness (QED) is 0.296. The van der Waals surface area contributed by atoms with Gasteiger partial charge < -0.3 is 16.4 Å². The van der Waals surface area contributed by atoms with E-state index in [1.807, 2.05) is 0 Å². The van der Waals surface area contributed by atoms with Crippen LogP contribution in [0.1, 0.15) is 12.8 Å². The second-order valence-corrected chi connectivity index (χ2v) is 3.77. The van der Waals surface area contributed by atoms with E-state index in [4.69, 9.17) is 0 Å². The van der Waals surface area contributed by atoms with Crippen molar-refractivity contribution in [2.24, 2.45) is 0 Å². The van der Waals surface area contributed by atoms with Crippen molar-refractivity contribution in [3.63, 3.8) is 0 Å². The minimum absolute atomic E-state index is 1.08. The van der Waals surface area contributed by atoms with Crippen molar-refractivity contribution in [1.82, 2.24) is 0 Å². The monoisotopic (exact) mass is 240 g/mol. The van der Waals surface area contributed by atoms with E-state index in [1.54, 1.807) is 0 Å². The average Bonchev–Trinajstić information content (AvgIpc) is 2.10. The van der Waals surface area contributed by atoms with Gasteiger partial charge in [-0.2, -0.15) is 0 Å². The predicted molar refractivity (Wildman–Crippen MR) is 54.1 cm³/mol. The van der Waals surface area contributed by atoms with Crippen LogP contribution in [0.15, 0.2) is 0 Å². The Morgan fingerprint density at radius 1 is 0.917 bits per heavy atom. The zero-order chi connectivity index (χ0) is 9.07. The van der Waals surface area contributed by atoms with Crippen LogP contribution in [-0.4, -0.2) is 38.1 Å². The molecule has 4 heteroatoms. The molecule has 0 spiro atoms. The summed E-state index contributed by atoms with van der Waals surface area (Å²) in [6.45, 7) is 6.08. The molecule has 0 aromatic carbocycles. The van der Waals surface area contributed by atoms with E-state index in [1.165, 1.54) is 39.0 Å². The highest BCUT2D eigenvalue weighted by molar-refractivity contribution is 9.09. The summed E-state index contributed by atoms with van der Waals surface area (Å²) in [5, 5.41) is 5.87. The molecule has 0 aromatic rings. The second-order valence-electron chi connectivity index (χ2n) is 2.98. The average molecular weight is 241 g/mol. The van der Waals surface area contributed by atoms with E-state index in [0.29, 0.717) is 0 Å². The van der Waals surface area contributed by atoms with Crippen molar-refractivity contribution in [3.8, 4) is 0 Å². The molecule has 0 atom stereocenters. The first-order valence-corrected chi connectivity index (χ1v) is 6.02. The second kappa shape index (κ2) is 11.4. The number of hydrogen-bond acceptors (Lipinski definition) is 0. The number of nitrogens with two attached hydrogens (primary N) is 2. The molecule has 0 aromatic heterocycles. The van der Waals surface area contributed by atoms with Crippen molar-refractivity contribution in [3.05, 3.63) is 0 Å². The maximum atomic E-state index is 3.81. The fourth-order valence-electron chi connectivity index (χ4n) is 1.06. The summed E-state index contributed by atoms with van der Waals surface area (Å²) in [6, 6.07) is 0. The molecule has 0 bridgehead atoms. The fraction of sp³-hybridized carbons (Fsp3) is 1.00. The summed E-state index contributed by atoms with van der Waals surface area (Å²) in [5.74, 6) is 0. The van der Waals surface area contributed by atoms with Crippen molar-refractivity contribution >= 4 is 15.9 Å². The van der Waals surface area contributed by atoms with Gasteiger partial charge in [-0.15, -0.1) is 0 Å². The van der Waals surface area contributed by atoms with Crippen LogP contribution in [0, 0.1) is 0 Å². The van der Waals surface area contributed by atoms with Crippen LogP contribution in [0.2, 0.25) is 0 Å². The van der Waals surface area contributed by atoms with Gasteiger partial charge in [-0.1, -0.05) is 15.9 Å². The largest absolute Gasteiger partial charge is 0.357 e. The minimum atomic E-state index is 1.08. The summed E-state index contributed by atoms with van der Waals surface area (Å²) in [7, 11) is 0. The van der Waals surface area contributed by atoms with Gasteiger partial charge in [0.15, 0.2) is 0 Å². The summed E-state index contributed by atoms with van der Waals surface area (Å²) in [5.41, 5.74) is 3.81. The first-order valence-electron chi connectivity index (χ1n) is 4.90. The molecule has 0 radical (unpaired) electrons. The third-order valence-corrected chi connectivity index (χ3v) is 2.25. The van der Waals surface area contributed by atoms with Crippen LogP contribution < -0.4 is 16.4 Å². The predicted octanol–water partition coefficient (Wildman–Crippen LogP) is -2.47. The molecule has 3 nitrogen and oxygen atoms in total. The van der Waals surface area contributed by atoms with Crippen molar-refractivity contribution in [2.75, 3.05) is 38.1 Å². The van der Waals surface area contributed by atoms with Gasteiger partial charge in [0.1, 0.15) is 0 Å². The molecule has 0 saturated carbocycles. The van der Waals surface area contributed by atoms with E-state index >= 15 is 0 Å². The lowest BCUT2D eigenvalue weighted by atomic mass is 10.4. The highest BCUT2D eigenvalue weighted by Crippen LogP contribution is 1.69. The normalized spacial score (nSPS) is 10.5. The maximum Gasteiger partial charge on any atom is 0.0853 e. The molecule has 0 heterocycles. The molecule has 74 valence electrons. The third kappa shape index (κ3) is 10.4. The molecule has 0 rings (SSSR count). The highest BCUT2D eigenvalue weighted by Gasteiger charge is 1.93. The van der Waals surface area contributed by atoms with E-state index < -0.39 is 0 Å². The molecule has 0 amide bonds. The smallest absolute Gasteiger partial charge is 0.0853 e. The van der Waals surface area contributed by atoms with Gasteiger partial charge in [0, 0.05) is 12.8 Å². The number of alkyl halides is 1. The summed E-state index contributed by atoms with van der Waals surface area (Å²) in [4.78, 5) is 0. The summed E-state index contributed by atoms with van der Waals surface area (Å²) >= 11 is 3.41. The Morgan fingerprint density at radius 2 is 1.50 bits per heavy atom. The number of quaternary nitrogens is 3. The first kappa shape index (κ1) is 12.4. The van der Waals surface area contributed by atoms with Crippen molar-refractivity contribution in [1.29, 1.82) is 0 Å². The van der Waals surface area contributed by atoms with E-state index in [0.717, 1.165) is 11.9 Å². The topological polar surface area (TPSA) is 60.9 Å². The number of halogens is 1. The van der Waals surface area contributed by atoms with E-state index in [2.05, 4.69) is 32.3 Å². The minimum Gasteiger partial charge on any atom is -0.357 e. The van der Waals surface area contributed by atoms with Gasteiger partial charge in [0.2, 0.25) is 0 Å². The van der Waals surface area contributed by atoms with E-state index in [-0.39, 0.29) is 0 Å². The van der Waals surface area contributed by atoms with Gasteiger partial charge in [-0.25, -0.2) is 0 Å². The van der Waals surface area contributed by atoms with Gasteiger partial charge in [0.25, 0.3) is 0 Å². The SMILES string of the molecule is [NH3+]CCC[NH2+]CCC[NH2+]CCBr. The first-order chi connectivity index (χ1) is 5.91. The molecule has 0 fully saturated rings. The molecule has 7 N–H and O–H groups in total. The standard InChI is InChI=1S/C8H20BrN3/c9-3-8-12-7-2-6-11-5-1-4-10/h11-12H,1-8,10H2/p+3. The van der Waals surface area contributed by atoms with Crippen LogP contribution in [-0.2, 0) is 0 Å². The summed E-state index contributed by atoms with van der Waals surface area (Å²) < 4.78 is 0. The van der Waals surface area contributed by atoms with Crippen LogP contribution in [0.25, 0.3) is 0 Å². The molecular weight excluding hydrogens is 218 g/mol. The third-order valence-electron chi connectivity index (χ3n) is 1.79. The molecule has 0 saturated heterocycles. The molecule has 0 aliphatic heterocycles. The fourth-order valence-corrected chi connectivity index (χ4v) is 1.38. The van der Waals surface area contributed by atoms with Crippen molar-refractivity contribution < 1.29 is 16.4 Å². The highest BCUT2D eigenvalue weighted by atomic mass is 79.9. The van der Waals surface area contributed by atoms with Gasteiger partial charge in [-0.05, 0) is 0 Å². The molecule has 0 unspecified atom stereocenters. The Bertz CT molecular complexity index is 70.7. The van der Waals surface area contributed by atoms with Gasteiger partial charge >= 0.3 is 0 Å². The molecule has 12 heavy (non-hydrogen) atoms. The Morgan fingerprint density at radius 3 is 2.08 bits per heavy atom. The zero-order valence-electron chi connectivity index (χ0n) is 7.90. The Kier molecular flexibility index (Phi) is 11.7. The van der Waals surface area contributed by atoms with Crippen LogP contribution >= 0.6 is 15.9 Å². The lowest BCUT2D eigenvalue weighted by Gasteiger charge is -1.99. The Hall–Kier alpha value is 0.360. The molecule has 0 aliphatic rings. The van der Waals surface area contributed by atoms with Gasteiger partial charge in [-0.3, -0.25) is 0 Å². The van der Waals surface area contributed by atoms with E-state index in [9.17, 15) is 0 Å². The number of hydrogen-bond donors (Lipinski definition) is 3. The Balaban J connectivity index is 2.73. The lowest BCUT2D eigenvalue weighted by molar-refractivity contribution is -0.679. The maximum absolute atomic E-state index is 3.81. The number of rotatable bonds is 9. The Labute approximate surface area is 83.6 Å². The van der Waals surface area contributed by atoms with Gasteiger partial charge in [0.05, 0.1) is 38.1 Å². The van der Waals surface area contributed by atoms with Crippen molar-refractivity contribution in [2.45, 2.75) is 12.8 Å². The molecular formula is C8H23BrN3+3. The van der Waals surface area contributed by atoms with Crippen LogP contribution in [0.3, 0.4) is 0 Å². The zero-order valence-corrected chi connectivity index (χ0v) is 9.48. The van der Waals surface area contributed by atoms with Crippen LogP contribution in [0.5, 0.6) is 0 Å². The lowest BCUT2D eigenvalue weighted by Crippen LogP contribution is -2.88.